The first-order valence-corrected chi connectivity index (χ1v) is 7.01. The van der Waals surface area contributed by atoms with E-state index in [1.807, 2.05) is 0 Å². The van der Waals surface area contributed by atoms with E-state index in [1.54, 1.807) is 11.1 Å². The largest absolute Gasteiger partial charge is 0.381 e. The maximum absolute atomic E-state index is 5.45. The molecule has 1 aliphatic heterocycles. The van der Waals surface area contributed by atoms with Crippen LogP contribution >= 0.6 is 15.9 Å². The number of hydrogen-bond acceptors (Lipinski definition) is 1. The zero-order valence-electron chi connectivity index (χ0n) is 9.42. The molecule has 1 aromatic rings. The van der Waals surface area contributed by atoms with E-state index in [2.05, 4.69) is 34.1 Å². The van der Waals surface area contributed by atoms with Crippen LogP contribution in [0.5, 0.6) is 0 Å². The number of hydrogen-bond donors (Lipinski definition) is 0. The topological polar surface area (TPSA) is 9.23 Å². The number of rotatable bonds is 2. The molecule has 0 atom stereocenters. The van der Waals surface area contributed by atoms with Crippen molar-refractivity contribution in [2.75, 3.05) is 13.2 Å². The predicted octanol–water partition coefficient (Wildman–Crippen LogP) is 4.22. The summed E-state index contributed by atoms with van der Waals surface area (Å²) in [7, 11) is 0. The summed E-state index contributed by atoms with van der Waals surface area (Å²) >= 11 is 3.59. The van der Waals surface area contributed by atoms with Crippen LogP contribution in [0.2, 0.25) is 0 Å². The van der Waals surface area contributed by atoms with E-state index in [0.717, 1.165) is 25.0 Å². The zero-order chi connectivity index (χ0) is 11.0. The smallest absolute Gasteiger partial charge is 0.0471 e. The summed E-state index contributed by atoms with van der Waals surface area (Å²) in [4.78, 5) is 0. The highest BCUT2D eigenvalue weighted by atomic mass is 79.9. The van der Waals surface area contributed by atoms with Gasteiger partial charge in [-0.2, -0.15) is 0 Å². The van der Waals surface area contributed by atoms with Gasteiger partial charge in [0.15, 0.2) is 0 Å². The summed E-state index contributed by atoms with van der Waals surface area (Å²) in [5, 5.41) is 0. The molecule has 86 valence electrons. The van der Waals surface area contributed by atoms with Crippen LogP contribution in [0, 0.1) is 0 Å². The third kappa shape index (κ3) is 2.18. The van der Waals surface area contributed by atoms with Crippen molar-refractivity contribution in [2.45, 2.75) is 37.5 Å². The molecule has 0 unspecified atom stereocenters. The van der Waals surface area contributed by atoms with Gasteiger partial charge in [0, 0.05) is 17.7 Å². The average molecular weight is 281 g/mol. The van der Waals surface area contributed by atoms with Gasteiger partial charge in [0.25, 0.3) is 0 Å². The second-order valence-corrected chi connectivity index (χ2v) is 5.85. The first kappa shape index (κ1) is 10.8. The van der Waals surface area contributed by atoms with Gasteiger partial charge in [-0.05, 0) is 60.8 Å². The molecule has 1 heterocycles. The maximum Gasteiger partial charge on any atom is 0.0471 e. The molecule has 1 aromatic carbocycles. The van der Waals surface area contributed by atoms with Crippen LogP contribution < -0.4 is 0 Å². The van der Waals surface area contributed by atoms with Gasteiger partial charge >= 0.3 is 0 Å². The Bertz CT molecular complexity index is 378. The molecule has 0 bridgehead atoms. The molecular weight excluding hydrogens is 264 g/mol. The van der Waals surface area contributed by atoms with Crippen molar-refractivity contribution in [3.63, 3.8) is 0 Å². The Morgan fingerprint density at radius 1 is 0.938 bits per heavy atom. The fourth-order valence-corrected chi connectivity index (χ4v) is 3.05. The molecular formula is C14H17BrO. The minimum absolute atomic E-state index is 0.734. The Balaban J connectivity index is 1.91. The summed E-state index contributed by atoms with van der Waals surface area (Å²) in [6, 6.07) is 6.85. The van der Waals surface area contributed by atoms with Crippen molar-refractivity contribution < 1.29 is 4.74 Å². The highest BCUT2D eigenvalue weighted by Gasteiger charge is 2.29. The fraction of sp³-hybridized carbons (Fsp3) is 0.571. The van der Waals surface area contributed by atoms with Crippen molar-refractivity contribution in [3.8, 4) is 0 Å². The van der Waals surface area contributed by atoms with Gasteiger partial charge in [0.05, 0.1) is 0 Å². The number of benzene rings is 1. The first-order chi connectivity index (χ1) is 7.84. The van der Waals surface area contributed by atoms with Gasteiger partial charge < -0.3 is 4.74 Å². The zero-order valence-corrected chi connectivity index (χ0v) is 11.0. The molecule has 1 aliphatic carbocycles. The van der Waals surface area contributed by atoms with E-state index < -0.39 is 0 Å². The van der Waals surface area contributed by atoms with Crippen molar-refractivity contribution in [3.05, 3.63) is 33.8 Å². The molecule has 2 aliphatic rings. The Hall–Kier alpha value is -0.340. The Morgan fingerprint density at radius 2 is 1.62 bits per heavy atom. The molecule has 3 rings (SSSR count). The SMILES string of the molecule is Brc1ccc(C2CCOCC2)c(C2CC2)c1. The lowest BCUT2D eigenvalue weighted by atomic mass is 9.87. The lowest BCUT2D eigenvalue weighted by Crippen LogP contribution is -2.15. The molecule has 1 saturated carbocycles. The molecule has 0 aromatic heterocycles. The van der Waals surface area contributed by atoms with Crippen LogP contribution in [-0.2, 0) is 4.74 Å². The molecule has 1 saturated heterocycles. The molecule has 0 radical (unpaired) electrons. The van der Waals surface area contributed by atoms with Crippen LogP contribution in [-0.4, -0.2) is 13.2 Å². The van der Waals surface area contributed by atoms with Crippen LogP contribution in [0.15, 0.2) is 22.7 Å². The van der Waals surface area contributed by atoms with Gasteiger partial charge in [-0.3, -0.25) is 0 Å². The summed E-state index contributed by atoms with van der Waals surface area (Å²) in [5.41, 5.74) is 3.19. The number of halogens is 1. The van der Waals surface area contributed by atoms with Crippen LogP contribution in [0.3, 0.4) is 0 Å². The van der Waals surface area contributed by atoms with E-state index in [0.29, 0.717) is 0 Å². The Kier molecular flexibility index (Phi) is 3.03. The van der Waals surface area contributed by atoms with Gasteiger partial charge in [-0.15, -0.1) is 0 Å². The van der Waals surface area contributed by atoms with Crippen LogP contribution in [0.4, 0.5) is 0 Å². The van der Waals surface area contributed by atoms with E-state index in [9.17, 15) is 0 Å². The molecule has 2 heteroatoms. The van der Waals surface area contributed by atoms with E-state index in [4.69, 9.17) is 4.74 Å². The predicted molar refractivity (Wildman–Crippen MR) is 68.9 cm³/mol. The maximum atomic E-state index is 5.45. The van der Waals surface area contributed by atoms with Gasteiger partial charge in [-0.25, -0.2) is 0 Å². The minimum Gasteiger partial charge on any atom is -0.381 e. The minimum atomic E-state index is 0.734. The lowest BCUT2D eigenvalue weighted by Gasteiger charge is -2.24. The Labute approximate surface area is 105 Å². The highest BCUT2D eigenvalue weighted by Crippen LogP contribution is 2.45. The molecule has 16 heavy (non-hydrogen) atoms. The van der Waals surface area contributed by atoms with Gasteiger partial charge in [0.2, 0.25) is 0 Å². The van der Waals surface area contributed by atoms with E-state index >= 15 is 0 Å². The summed E-state index contributed by atoms with van der Waals surface area (Å²) in [6.07, 6.45) is 5.15. The second-order valence-electron chi connectivity index (χ2n) is 4.93. The summed E-state index contributed by atoms with van der Waals surface area (Å²) < 4.78 is 6.68. The second kappa shape index (κ2) is 4.50. The van der Waals surface area contributed by atoms with Gasteiger partial charge in [-0.1, -0.05) is 22.0 Å². The molecule has 2 fully saturated rings. The standard InChI is InChI=1S/C14H17BrO/c15-12-3-4-13(11-5-7-16-8-6-11)14(9-12)10-1-2-10/h3-4,9-11H,1-2,5-8H2. The average Bonchev–Trinajstić information content (AvgIpc) is 3.14. The fourth-order valence-electron chi connectivity index (χ4n) is 2.67. The molecule has 0 spiro atoms. The normalized spacial score (nSPS) is 22.3. The number of ether oxygens (including phenoxy) is 1. The van der Waals surface area contributed by atoms with Crippen LogP contribution in [0.25, 0.3) is 0 Å². The summed E-state index contributed by atoms with van der Waals surface area (Å²) in [5.74, 6) is 1.58. The summed E-state index contributed by atoms with van der Waals surface area (Å²) in [6.45, 7) is 1.87. The molecule has 1 nitrogen and oxygen atoms in total. The van der Waals surface area contributed by atoms with E-state index in [1.165, 1.54) is 30.2 Å². The molecule has 0 N–H and O–H groups in total. The van der Waals surface area contributed by atoms with E-state index in [-0.39, 0.29) is 0 Å². The lowest BCUT2D eigenvalue weighted by molar-refractivity contribution is 0.0851. The van der Waals surface area contributed by atoms with Crippen molar-refractivity contribution in [2.24, 2.45) is 0 Å². The third-order valence-electron chi connectivity index (χ3n) is 3.73. The van der Waals surface area contributed by atoms with Crippen molar-refractivity contribution in [1.82, 2.24) is 0 Å². The van der Waals surface area contributed by atoms with Gasteiger partial charge in [0.1, 0.15) is 0 Å². The first-order valence-electron chi connectivity index (χ1n) is 6.21. The monoisotopic (exact) mass is 280 g/mol. The third-order valence-corrected chi connectivity index (χ3v) is 4.22. The Morgan fingerprint density at radius 3 is 2.31 bits per heavy atom. The molecule has 0 amide bonds. The highest BCUT2D eigenvalue weighted by molar-refractivity contribution is 9.10. The van der Waals surface area contributed by atoms with Crippen LogP contribution in [0.1, 0.15) is 48.6 Å². The van der Waals surface area contributed by atoms with Crippen molar-refractivity contribution >= 4 is 15.9 Å². The van der Waals surface area contributed by atoms with Crippen molar-refractivity contribution in [1.29, 1.82) is 0 Å². The quantitative estimate of drug-likeness (QED) is 0.788.